The molecule has 0 aliphatic carbocycles. The smallest absolute Gasteiger partial charge is 0.337 e. The number of sulfonamides is 1. The van der Waals surface area contributed by atoms with Crippen LogP contribution in [-0.4, -0.2) is 49.9 Å². The second kappa shape index (κ2) is 6.05. The fraction of sp³-hybridized carbons (Fsp3) is 0.429. The summed E-state index contributed by atoms with van der Waals surface area (Å²) in [5.41, 5.74) is -1.06. The lowest BCUT2D eigenvalue weighted by Gasteiger charge is -2.21. The van der Waals surface area contributed by atoms with E-state index in [1.807, 2.05) is 0 Å². The first-order valence-electron chi connectivity index (χ1n) is 6.48. The molecule has 0 bridgehead atoms. The van der Waals surface area contributed by atoms with Gasteiger partial charge in [-0.3, -0.25) is 4.79 Å². The second-order valence-electron chi connectivity index (χ2n) is 6.07. The predicted molar refractivity (Wildman–Crippen MR) is 81.5 cm³/mol. The van der Waals surface area contributed by atoms with Gasteiger partial charge in [-0.15, -0.1) is 0 Å². The number of carbonyl (C=O) groups excluding carboxylic acids is 1. The van der Waals surface area contributed by atoms with Gasteiger partial charge in [0.25, 0.3) is 5.91 Å². The number of nitrogens with zero attached hydrogens (tertiary/aromatic N) is 1. The number of hydrogen-bond donors (Lipinski definition) is 2. The third-order valence-corrected chi connectivity index (χ3v) is 4.39. The van der Waals surface area contributed by atoms with E-state index < -0.39 is 32.3 Å². The van der Waals surface area contributed by atoms with E-state index in [1.165, 1.54) is 25.1 Å². The zero-order chi connectivity index (χ0) is 17.3. The minimum Gasteiger partial charge on any atom is -0.478 e. The number of amides is 1. The Morgan fingerprint density at radius 1 is 1.18 bits per heavy atom. The van der Waals surface area contributed by atoms with Gasteiger partial charge < -0.3 is 10.0 Å². The van der Waals surface area contributed by atoms with Gasteiger partial charge in [0.2, 0.25) is 10.0 Å². The number of nitrogens with one attached hydrogen (secondary N) is 1. The molecule has 22 heavy (non-hydrogen) atoms. The van der Waals surface area contributed by atoms with Crippen LogP contribution in [0.4, 0.5) is 0 Å². The highest BCUT2D eigenvalue weighted by Gasteiger charge is 2.28. The van der Waals surface area contributed by atoms with E-state index in [-0.39, 0.29) is 11.1 Å². The average molecular weight is 328 g/mol. The highest BCUT2D eigenvalue weighted by atomic mass is 32.2. The van der Waals surface area contributed by atoms with Gasteiger partial charge in [-0.05, 0) is 39.0 Å². The molecule has 2 N–H and O–H groups in total. The number of carboxylic acid groups (broad SMARTS) is 1. The van der Waals surface area contributed by atoms with Crippen LogP contribution < -0.4 is 4.72 Å². The largest absolute Gasteiger partial charge is 0.478 e. The number of aromatic carboxylic acids is 1. The van der Waals surface area contributed by atoms with Gasteiger partial charge in [0.15, 0.2) is 0 Å². The average Bonchev–Trinajstić information content (AvgIpc) is 2.34. The van der Waals surface area contributed by atoms with E-state index in [1.54, 1.807) is 20.8 Å². The molecule has 1 rings (SSSR count). The van der Waals surface area contributed by atoms with Crippen molar-refractivity contribution >= 4 is 21.9 Å². The summed E-state index contributed by atoms with van der Waals surface area (Å²) in [5.74, 6) is -1.79. The summed E-state index contributed by atoms with van der Waals surface area (Å²) in [4.78, 5) is 24.1. The summed E-state index contributed by atoms with van der Waals surface area (Å²) in [6.07, 6.45) is 0. The van der Waals surface area contributed by atoms with Crippen molar-refractivity contribution in [2.75, 3.05) is 14.1 Å². The lowest BCUT2D eigenvalue weighted by Crippen LogP contribution is -2.41. The van der Waals surface area contributed by atoms with Crippen LogP contribution in [0.3, 0.4) is 0 Å². The number of carbonyl (C=O) groups is 2. The summed E-state index contributed by atoms with van der Waals surface area (Å²) in [6.45, 7) is 4.92. The van der Waals surface area contributed by atoms with Gasteiger partial charge in [-0.25, -0.2) is 17.9 Å². The lowest BCUT2D eigenvalue weighted by molar-refractivity contribution is 0.0691. The van der Waals surface area contributed by atoms with Crippen molar-refractivity contribution < 1.29 is 23.1 Å². The Labute approximate surface area is 130 Å². The highest BCUT2D eigenvalue weighted by Crippen LogP contribution is 2.20. The molecule has 0 spiro atoms. The van der Waals surface area contributed by atoms with Crippen molar-refractivity contribution in [3.63, 3.8) is 0 Å². The van der Waals surface area contributed by atoms with Crippen LogP contribution in [0.1, 0.15) is 41.5 Å². The Kier molecular flexibility index (Phi) is 4.99. The van der Waals surface area contributed by atoms with Crippen LogP contribution >= 0.6 is 0 Å². The molecule has 1 amide bonds. The number of hydrogen-bond acceptors (Lipinski definition) is 4. The standard InChI is InChI=1S/C14H20N2O5S/c1-14(2,3)15-22(20,21)11-8-9(12(17)16(4)5)6-7-10(11)13(18)19/h6-8,15H,1-5H3,(H,18,19). The van der Waals surface area contributed by atoms with Crippen LogP contribution in [0.2, 0.25) is 0 Å². The first-order chi connectivity index (χ1) is 9.85. The molecule has 8 heteroatoms. The van der Waals surface area contributed by atoms with E-state index in [0.717, 1.165) is 12.1 Å². The minimum atomic E-state index is -4.08. The molecule has 0 aliphatic rings. The van der Waals surface area contributed by atoms with E-state index in [9.17, 15) is 23.1 Å². The maximum atomic E-state index is 12.4. The molecule has 0 aliphatic heterocycles. The molecular formula is C14H20N2O5S. The number of benzene rings is 1. The Morgan fingerprint density at radius 3 is 2.14 bits per heavy atom. The summed E-state index contributed by atoms with van der Waals surface area (Å²) >= 11 is 0. The zero-order valence-electron chi connectivity index (χ0n) is 13.2. The van der Waals surface area contributed by atoms with E-state index >= 15 is 0 Å². The summed E-state index contributed by atoms with van der Waals surface area (Å²) in [7, 11) is -1.03. The third-order valence-electron chi connectivity index (χ3n) is 2.60. The quantitative estimate of drug-likeness (QED) is 0.863. The maximum Gasteiger partial charge on any atom is 0.337 e. The van der Waals surface area contributed by atoms with Crippen molar-refractivity contribution in [1.29, 1.82) is 0 Å². The van der Waals surface area contributed by atoms with E-state index in [4.69, 9.17) is 0 Å². The van der Waals surface area contributed by atoms with Crippen molar-refractivity contribution in [2.24, 2.45) is 0 Å². The van der Waals surface area contributed by atoms with Gasteiger partial charge in [-0.2, -0.15) is 0 Å². The molecule has 0 aromatic heterocycles. The second-order valence-corrected chi connectivity index (χ2v) is 7.72. The SMILES string of the molecule is CN(C)C(=O)c1ccc(C(=O)O)c(S(=O)(=O)NC(C)(C)C)c1. The van der Waals surface area contributed by atoms with Crippen molar-refractivity contribution in [3.8, 4) is 0 Å². The molecule has 0 atom stereocenters. The summed E-state index contributed by atoms with van der Waals surface area (Å²) in [5, 5.41) is 9.18. The first-order valence-corrected chi connectivity index (χ1v) is 7.96. The van der Waals surface area contributed by atoms with Crippen LogP contribution in [0.25, 0.3) is 0 Å². The number of carboxylic acids is 1. The van der Waals surface area contributed by atoms with Crippen LogP contribution in [0.15, 0.2) is 23.1 Å². The molecule has 0 heterocycles. The van der Waals surface area contributed by atoms with E-state index in [2.05, 4.69) is 4.72 Å². The van der Waals surface area contributed by atoms with Gasteiger partial charge in [0.05, 0.1) is 10.5 Å². The van der Waals surface area contributed by atoms with Gasteiger partial charge in [0, 0.05) is 25.2 Å². The molecule has 0 saturated heterocycles. The van der Waals surface area contributed by atoms with Gasteiger partial charge in [0.1, 0.15) is 0 Å². The van der Waals surface area contributed by atoms with Crippen molar-refractivity contribution in [2.45, 2.75) is 31.2 Å². The summed E-state index contributed by atoms with van der Waals surface area (Å²) in [6, 6.07) is 3.50. The Hall–Kier alpha value is -1.93. The molecule has 122 valence electrons. The molecule has 7 nitrogen and oxygen atoms in total. The predicted octanol–water partition coefficient (Wildman–Crippen LogP) is 1.16. The normalized spacial score (nSPS) is 12.0. The van der Waals surface area contributed by atoms with Crippen LogP contribution in [-0.2, 0) is 10.0 Å². The Morgan fingerprint density at radius 2 is 1.73 bits per heavy atom. The molecule has 1 aromatic carbocycles. The fourth-order valence-electron chi connectivity index (χ4n) is 1.77. The minimum absolute atomic E-state index is 0.101. The third kappa shape index (κ3) is 4.28. The molecule has 0 unspecified atom stereocenters. The first kappa shape index (κ1) is 18.1. The highest BCUT2D eigenvalue weighted by molar-refractivity contribution is 7.89. The monoisotopic (exact) mass is 328 g/mol. The number of rotatable bonds is 4. The van der Waals surface area contributed by atoms with Crippen molar-refractivity contribution in [3.05, 3.63) is 29.3 Å². The van der Waals surface area contributed by atoms with Crippen molar-refractivity contribution in [1.82, 2.24) is 9.62 Å². The molecule has 1 aromatic rings. The zero-order valence-corrected chi connectivity index (χ0v) is 14.0. The molecule has 0 radical (unpaired) electrons. The Bertz CT molecular complexity index is 702. The topological polar surface area (TPSA) is 104 Å². The fourth-order valence-corrected chi connectivity index (χ4v) is 3.41. The van der Waals surface area contributed by atoms with Crippen LogP contribution in [0, 0.1) is 0 Å². The molecule has 0 fully saturated rings. The summed E-state index contributed by atoms with van der Waals surface area (Å²) < 4.78 is 27.2. The lowest BCUT2D eigenvalue weighted by atomic mass is 10.1. The molecular weight excluding hydrogens is 308 g/mol. The van der Waals surface area contributed by atoms with E-state index in [0.29, 0.717) is 0 Å². The molecule has 0 saturated carbocycles. The van der Waals surface area contributed by atoms with Crippen LogP contribution in [0.5, 0.6) is 0 Å². The van der Waals surface area contributed by atoms with Gasteiger partial charge >= 0.3 is 5.97 Å². The van der Waals surface area contributed by atoms with Gasteiger partial charge in [-0.1, -0.05) is 0 Å². The Balaban J connectivity index is 3.52. The maximum absolute atomic E-state index is 12.4.